The fourth-order valence-electron chi connectivity index (χ4n) is 4.78. The molecule has 0 saturated carbocycles. The lowest BCUT2D eigenvalue weighted by Gasteiger charge is -2.13. The molecule has 0 saturated heterocycles. The minimum atomic E-state index is -0.895. The van der Waals surface area contributed by atoms with Crippen molar-refractivity contribution in [2.24, 2.45) is 0 Å². The van der Waals surface area contributed by atoms with Crippen LogP contribution in [0.4, 0.5) is 4.39 Å². The van der Waals surface area contributed by atoms with Gasteiger partial charge in [-0.15, -0.1) is 0 Å². The van der Waals surface area contributed by atoms with Gasteiger partial charge in [0.15, 0.2) is 0 Å². The first kappa shape index (κ1) is 43.4. The molecule has 0 fully saturated rings. The zero-order valence-corrected chi connectivity index (χ0v) is 30.8. The quantitative estimate of drug-likeness (QED) is 0.0257. The van der Waals surface area contributed by atoms with Gasteiger partial charge in [0.25, 0.3) is 0 Å². The topological polar surface area (TPSA) is 150 Å². The van der Waals surface area contributed by atoms with Crippen LogP contribution in [0.3, 0.4) is 0 Å². The van der Waals surface area contributed by atoms with Crippen molar-refractivity contribution in [2.45, 2.75) is 57.8 Å². The Bertz CT molecular complexity index is 1700. The van der Waals surface area contributed by atoms with Crippen LogP contribution < -0.4 is 18.9 Å². The molecule has 0 aliphatic rings. The van der Waals surface area contributed by atoms with Crippen molar-refractivity contribution in [2.75, 3.05) is 39.7 Å². The van der Waals surface area contributed by atoms with Gasteiger partial charge in [-0.05, 0) is 118 Å². The number of esters is 5. The molecular formula is C42H47FO12. The number of unbranched alkanes of at least 4 members (excludes halogenated alkanes) is 6. The van der Waals surface area contributed by atoms with E-state index in [9.17, 15) is 28.4 Å². The predicted octanol–water partition coefficient (Wildman–Crippen LogP) is 7.98. The van der Waals surface area contributed by atoms with Crippen molar-refractivity contribution in [1.82, 2.24) is 0 Å². The third-order valence-corrected chi connectivity index (χ3v) is 7.71. The van der Waals surface area contributed by atoms with Gasteiger partial charge in [-0.25, -0.2) is 24.0 Å². The molecule has 3 rings (SSSR count). The number of halogens is 1. The Kier molecular flexibility index (Phi) is 19.8. The van der Waals surface area contributed by atoms with E-state index < -0.39 is 36.5 Å². The van der Waals surface area contributed by atoms with Gasteiger partial charge in [0.05, 0.1) is 50.8 Å². The molecule has 0 unspecified atom stereocenters. The monoisotopic (exact) mass is 762 g/mol. The second kappa shape index (κ2) is 25.1. The van der Waals surface area contributed by atoms with Crippen LogP contribution in [0.5, 0.6) is 23.0 Å². The summed E-state index contributed by atoms with van der Waals surface area (Å²) >= 11 is 0. The smallest absolute Gasteiger partial charge is 0.343 e. The van der Waals surface area contributed by atoms with Crippen molar-refractivity contribution in [3.63, 3.8) is 0 Å². The molecule has 0 N–H and O–H groups in total. The minimum absolute atomic E-state index is 0.0144. The molecular weight excluding hydrogens is 715 g/mol. The lowest BCUT2D eigenvalue weighted by molar-refractivity contribution is -0.138. The molecule has 0 bridgehead atoms. The molecule has 0 radical (unpaired) electrons. The lowest BCUT2D eigenvalue weighted by Crippen LogP contribution is -2.15. The van der Waals surface area contributed by atoms with Crippen LogP contribution in [0.1, 0.15) is 88.9 Å². The average molecular weight is 763 g/mol. The number of ether oxygens (including phenoxy) is 7. The van der Waals surface area contributed by atoms with Crippen LogP contribution in [0.2, 0.25) is 0 Å². The fraction of sp³-hybridized carbons (Fsp3) is 0.357. The van der Waals surface area contributed by atoms with E-state index in [1.807, 2.05) is 0 Å². The van der Waals surface area contributed by atoms with E-state index in [1.54, 1.807) is 36.4 Å². The maximum absolute atomic E-state index is 13.0. The second-order valence-corrected chi connectivity index (χ2v) is 11.9. The number of benzene rings is 3. The highest BCUT2D eigenvalue weighted by Crippen LogP contribution is 2.28. The third kappa shape index (κ3) is 16.7. The molecule has 0 aliphatic heterocycles. The largest absolute Gasteiger partial charge is 0.494 e. The van der Waals surface area contributed by atoms with Gasteiger partial charge in [-0.1, -0.05) is 13.2 Å². The zero-order valence-electron chi connectivity index (χ0n) is 30.8. The van der Waals surface area contributed by atoms with Crippen molar-refractivity contribution < 1.29 is 61.5 Å². The zero-order chi connectivity index (χ0) is 39.7. The van der Waals surface area contributed by atoms with Gasteiger partial charge in [-0.2, -0.15) is 0 Å². The highest BCUT2D eigenvalue weighted by atomic mass is 19.1. The van der Waals surface area contributed by atoms with Gasteiger partial charge in [-0.3, -0.25) is 4.39 Å². The Balaban J connectivity index is 1.52. The first-order valence-corrected chi connectivity index (χ1v) is 18.1. The Morgan fingerprint density at radius 1 is 0.491 bits per heavy atom. The second-order valence-electron chi connectivity index (χ2n) is 11.9. The average Bonchev–Trinajstić information content (AvgIpc) is 3.20. The highest BCUT2D eigenvalue weighted by molar-refractivity contribution is 5.97. The van der Waals surface area contributed by atoms with Gasteiger partial charge in [0.1, 0.15) is 28.6 Å². The molecule has 0 aromatic heterocycles. The minimum Gasteiger partial charge on any atom is -0.494 e. The summed E-state index contributed by atoms with van der Waals surface area (Å²) < 4.78 is 50.2. The summed E-state index contributed by atoms with van der Waals surface area (Å²) in [5, 5.41) is 0. The van der Waals surface area contributed by atoms with E-state index >= 15 is 0 Å². The molecule has 3 aromatic rings. The SMILES string of the molecule is C=CC(=O)OCCCCCCOc1ccc(C(=O)Oc2ccc(OC(=O)c3ccc(OCCCCCCOC(=O)C=C)cc3)c(C(=O)OCCCF)c2)cc1. The number of carbonyl (C=O) groups is 5. The molecule has 294 valence electrons. The molecule has 0 amide bonds. The van der Waals surface area contributed by atoms with Gasteiger partial charge >= 0.3 is 29.8 Å². The number of rotatable bonds is 26. The van der Waals surface area contributed by atoms with E-state index in [-0.39, 0.29) is 41.2 Å². The van der Waals surface area contributed by atoms with E-state index in [2.05, 4.69) is 13.2 Å². The summed E-state index contributed by atoms with van der Waals surface area (Å²) in [4.78, 5) is 61.0. The van der Waals surface area contributed by atoms with Crippen molar-refractivity contribution >= 4 is 29.8 Å². The molecule has 0 atom stereocenters. The van der Waals surface area contributed by atoms with Crippen LogP contribution >= 0.6 is 0 Å². The van der Waals surface area contributed by atoms with Crippen LogP contribution in [-0.2, 0) is 23.8 Å². The Hall–Kier alpha value is -5.98. The molecule has 0 aliphatic carbocycles. The van der Waals surface area contributed by atoms with E-state index in [0.29, 0.717) is 37.9 Å². The predicted molar refractivity (Wildman–Crippen MR) is 200 cm³/mol. The van der Waals surface area contributed by atoms with Crippen LogP contribution in [0.15, 0.2) is 92.0 Å². The van der Waals surface area contributed by atoms with Crippen molar-refractivity contribution in [3.8, 4) is 23.0 Å². The summed E-state index contributed by atoms with van der Waals surface area (Å²) in [5.41, 5.74) is 0.211. The Labute approximate surface area is 320 Å². The molecule has 0 spiro atoms. The number of hydrogen-bond acceptors (Lipinski definition) is 12. The first-order chi connectivity index (χ1) is 26.7. The number of hydrogen-bond donors (Lipinski definition) is 0. The van der Waals surface area contributed by atoms with Gasteiger partial charge in [0, 0.05) is 18.6 Å². The summed E-state index contributed by atoms with van der Waals surface area (Å²) in [5.74, 6) is -2.28. The summed E-state index contributed by atoms with van der Waals surface area (Å²) in [6, 6.07) is 16.5. The van der Waals surface area contributed by atoms with Crippen molar-refractivity contribution in [3.05, 3.63) is 109 Å². The van der Waals surface area contributed by atoms with Crippen LogP contribution in [0, 0.1) is 0 Å². The van der Waals surface area contributed by atoms with Gasteiger partial charge < -0.3 is 33.2 Å². The maximum atomic E-state index is 13.0. The van der Waals surface area contributed by atoms with Crippen molar-refractivity contribution in [1.29, 1.82) is 0 Å². The number of alkyl halides is 1. The first-order valence-electron chi connectivity index (χ1n) is 18.1. The Morgan fingerprint density at radius 2 is 0.927 bits per heavy atom. The number of carbonyl (C=O) groups excluding carboxylic acids is 5. The van der Waals surface area contributed by atoms with Crippen LogP contribution in [0.25, 0.3) is 0 Å². The molecule has 55 heavy (non-hydrogen) atoms. The van der Waals surface area contributed by atoms with Gasteiger partial charge in [0.2, 0.25) is 0 Å². The Morgan fingerprint density at radius 3 is 1.40 bits per heavy atom. The molecule has 13 heteroatoms. The fourth-order valence-corrected chi connectivity index (χ4v) is 4.78. The van der Waals surface area contributed by atoms with Crippen LogP contribution in [-0.4, -0.2) is 69.6 Å². The van der Waals surface area contributed by atoms with E-state index in [1.165, 1.54) is 30.3 Å². The summed E-state index contributed by atoms with van der Waals surface area (Å²) in [7, 11) is 0. The third-order valence-electron chi connectivity index (χ3n) is 7.71. The summed E-state index contributed by atoms with van der Waals surface area (Å²) in [6.45, 7) is 7.43. The normalized spacial score (nSPS) is 10.4. The molecule has 3 aromatic carbocycles. The highest BCUT2D eigenvalue weighted by Gasteiger charge is 2.21. The molecule has 0 heterocycles. The molecule has 12 nitrogen and oxygen atoms in total. The summed E-state index contributed by atoms with van der Waals surface area (Å²) in [6.07, 6.45) is 8.86. The lowest BCUT2D eigenvalue weighted by atomic mass is 10.1. The van der Waals surface area contributed by atoms with E-state index in [4.69, 9.17) is 33.2 Å². The van der Waals surface area contributed by atoms with E-state index in [0.717, 1.165) is 63.5 Å². The standard InChI is InChI=1S/C42H47FO12/c1-3-38(44)51-27-11-7-5-9-25-49-33-18-14-31(15-19-33)40(46)54-35-22-23-37(36(30-35)42(48)53-29-13-24-43)55-41(47)32-16-20-34(21-17-32)50-26-10-6-8-12-28-52-39(45)4-2/h3-4,14-23,30H,1-2,5-13,24-29H2. The maximum Gasteiger partial charge on any atom is 0.343 e.